The van der Waals surface area contributed by atoms with Crippen LogP contribution in [0.3, 0.4) is 0 Å². The molecule has 1 aliphatic rings. The smallest absolute Gasteiger partial charge is 0.253 e. The number of hydrogen-bond donors (Lipinski definition) is 0. The topological polar surface area (TPSA) is 92.7 Å². The Labute approximate surface area is 165 Å². The van der Waals surface area contributed by atoms with Crippen LogP contribution in [-0.2, 0) is 10.0 Å². The quantitative estimate of drug-likeness (QED) is 0.699. The number of carbonyl (C=O) groups is 1. The molecule has 2 aromatic rings. The van der Waals surface area contributed by atoms with Crippen molar-refractivity contribution < 1.29 is 17.9 Å². The van der Waals surface area contributed by atoms with E-state index in [2.05, 4.69) is 9.97 Å². The first-order valence-electron chi connectivity index (χ1n) is 9.27. The molecule has 0 N–H and O–H groups in total. The molecule has 0 aliphatic carbocycles. The molecule has 3 rings (SSSR count). The number of rotatable bonds is 7. The number of aromatic nitrogens is 2. The molecule has 1 saturated heterocycles. The minimum atomic E-state index is -3.53. The maximum atomic E-state index is 12.7. The van der Waals surface area contributed by atoms with Crippen LogP contribution in [0.5, 0.6) is 5.88 Å². The first kappa shape index (κ1) is 20.2. The first-order chi connectivity index (χ1) is 13.5. The zero-order valence-corrected chi connectivity index (χ0v) is 16.8. The second-order valence-corrected chi connectivity index (χ2v) is 8.37. The Morgan fingerprint density at radius 1 is 1.21 bits per heavy atom. The fraction of sp³-hybridized carbons (Fsp3) is 0.421. The van der Waals surface area contributed by atoms with Gasteiger partial charge in [-0.25, -0.2) is 13.4 Å². The second-order valence-electron chi connectivity index (χ2n) is 6.44. The van der Waals surface area contributed by atoms with Crippen LogP contribution < -0.4 is 4.74 Å². The van der Waals surface area contributed by atoms with Crippen molar-refractivity contribution in [3.05, 3.63) is 48.4 Å². The molecule has 1 aromatic carbocycles. The van der Waals surface area contributed by atoms with Crippen molar-refractivity contribution in [2.75, 3.05) is 26.2 Å². The van der Waals surface area contributed by atoms with Crippen LogP contribution in [0.25, 0.3) is 0 Å². The van der Waals surface area contributed by atoms with E-state index in [0.29, 0.717) is 44.0 Å². The maximum Gasteiger partial charge on any atom is 0.253 e. The molecule has 28 heavy (non-hydrogen) atoms. The van der Waals surface area contributed by atoms with Crippen molar-refractivity contribution in [3.8, 4) is 5.88 Å². The van der Waals surface area contributed by atoms with Gasteiger partial charge >= 0.3 is 0 Å². The molecule has 1 fully saturated rings. The number of hydrogen-bond acceptors (Lipinski definition) is 6. The van der Waals surface area contributed by atoms with E-state index in [0.717, 1.165) is 0 Å². The average molecular weight is 404 g/mol. The summed E-state index contributed by atoms with van der Waals surface area (Å²) in [5, 5.41) is 0. The molecule has 2 heterocycles. The van der Waals surface area contributed by atoms with Crippen LogP contribution >= 0.6 is 0 Å². The van der Waals surface area contributed by atoms with Crippen LogP contribution in [0.15, 0.2) is 47.8 Å². The highest BCUT2D eigenvalue weighted by molar-refractivity contribution is 7.89. The Bertz CT molecular complexity index is 899. The van der Waals surface area contributed by atoms with Gasteiger partial charge < -0.3 is 9.64 Å². The predicted molar refractivity (Wildman–Crippen MR) is 104 cm³/mol. The Morgan fingerprint density at radius 3 is 2.54 bits per heavy atom. The molecular formula is C19H24N4O4S. The van der Waals surface area contributed by atoms with E-state index in [1.54, 1.807) is 49.5 Å². The summed E-state index contributed by atoms with van der Waals surface area (Å²) in [7, 11) is -3.53. The van der Waals surface area contributed by atoms with Crippen molar-refractivity contribution in [1.29, 1.82) is 0 Å². The fourth-order valence-corrected chi connectivity index (χ4v) is 4.65. The van der Waals surface area contributed by atoms with E-state index in [4.69, 9.17) is 4.74 Å². The highest BCUT2D eigenvalue weighted by Crippen LogP contribution is 2.20. The molecule has 1 unspecified atom stereocenters. The highest BCUT2D eigenvalue weighted by Gasteiger charge is 2.29. The Morgan fingerprint density at radius 2 is 1.93 bits per heavy atom. The normalized spacial score (nSPS) is 17.1. The summed E-state index contributed by atoms with van der Waals surface area (Å²) in [5.74, 6) is 0.296. The molecule has 9 heteroatoms. The first-order valence-corrected chi connectivity index (χ1v) is 10.7. The van der Waals surface area contributed by atoms with Crippen LogP contribution in [0.2, 0.25) is 0 Å². The van der Waals surface area contributed by atoms with Gasteiger partial charge in [-0.3, -0.25) is 9.78 Å². The molecule has 0 bridgehead atoms. The lowest BCUT2D eigenvalue weighted by Gasteiger charge is -2.19. The van der Waals surface area contributed by atoms with Gasteiger partial charge in [-0.15, -0.1) is 0 Å². The Hall–Kier alpha value is -2.52. The van der Waals surface area contributed by atoms with Crippen molar-refractivity contribution in [1.82, 2.24) is 19.2 Å². The number of likely N-dealkylation sites (tertiary alicyclic amines) is 1. The third-order valence-corrected chi connectivity index (χ3v) is 6.77. The van der Waals surface area contributed by atoms with Crippen LogP contribution in [0.1, 0.15) is 30.6 Å². The van der Waals surface area contributed by atoms with Gasteiger partial charge in [0, 0.05) is 44.0 Å². The summed E-state index contributed by atoms with van der Waals surface area (Å²) in [5.41, 5.74) is 0.457. The lowest BCUT2D eigenvalue weighted by atomic mass is 10.2. The van der Waals surface area contributed by atoms with Crippen LogP contribution in [0, 0.1) is 0 Å². The summed E-state index contributed by atoms with van der Waals surface area (Å²) in [6.07, 6.45) is 5.24. The number of sulfonamides is 1. The van der Waals surface area contributed by atoms with Crippen molar-refractivity contribution in [2.24, 2.45) is 0 Å². The molecule has 150 valence electrons. The van der Waals surface area contributed by atoms with Gasteiger partial charge in [-0.1, -0.05) is 13.8 Å². The van der Waals surface area contributed by atoms with E-state index in [1.165, 1.54) is 16.4 Å². The molecule has 1 aromatic heterocycles. The van der Waals surface area contributed by atoms with Gasteiger partial charge in [0.1, 0.15) is 6.10 Å². The molecule has 1 amide bonds. The van der Waals surface area contributed by atoms with E-state index in [9.17, 15) is 13.2 Å². The molecule has 8 nitrogen and oxygen atoms in total. The summed E-state index contributed by atoms with van der Waals surface area (Å²) >= 11 is 0. The Balaban J connectivity index is 1.65. The fourth-order valence-electron chi connectivity index (χ4n) is 3.19. The summed E-state index contributed by atoms with van der Waals surface area (Å²) in [4.78, 5) is 22.7. The van der Waals surface area contributed by atoms with E-state index in [1.807, 2.05) is 0 Å². The van der Waals surface area contributed by atoms with Crippen molar-refractivity contribution >= 4 is 15.9 Å². The zero-order chi connectivity index (χ0) is 20.1. The molecule has 0 spiro atoms. The van der Waals surface area contributed by atoms with Gasteiger partial charge in [0.05, 0.1) is 17.6 Å². The summed E-state index contributed by atoms with van der Waals surface area (Å²) < 4.78 is 32.2. The zero-order valence-electron chi connectivity index (χ0n) is 16.0. The van der Waals surface area contributed by atoms with Gasteiger partial charge in [0.25, 0.3) is 5.91 Å². The molecule has 1 atom stereocenters. The summed E-state index contributed by atoms with van der Waals surface area (Å²) in [6, 6.07) is 6.11. The number of amides is 1. The predicted octanol–water partition coefficient (Wildman–Crippen LogP) is 1.80. The number of benzene rings is 1. The third-order valence-electron chi connectivity index (χ3n) is 4.70. The molecule has 1 aliphatic heterocycles. The summed E-state index contributed by atoms with van der Waals surface area (Å²) in [6.45, 7) is 5.43. The van der Waals surface area contributed by atoms with Crippen molar-refractivity contribution in [2.45, 2.75) is 31.3 Å². The SMILES string of the molecule is CCN(CC)S(=O)(=O)c1ccc(C(=O)N2CCC(Oc3cnccn3)C2)cc1. The van der Waals surface area contributed by atoms with Gasteiger partial charge in [0.15, 0.2) is 0 Å². The lowest BCUT2D eigenvalue weighted by molar-refractivity contribution is 0.0771. The number of nitrogens with zero attached hydrogens (tertiary/aromatic N) is 4. The van der Waals surface area contributed by atoms with Gasteiger partial charge in [0.2, 0.25) is 15.9 Å². The van der Waals surface area contributed by atoms with Crippen LogP contribution in [-0.4, -0.2) is 65.8 Å². The van der Waals surface area contributed by atoms with E-state index < -0.39 is 10.0 Å². The molecule has 0 radical (unpaired) electrons. The highest BCUT2D eigenvalue weighted by atomic mass is 32.2. The number of carbonyl (C=O) groups excluding carboxylic acids is 1. The van der Waals surface area contributed by atoms with Crippen LogP contribution in [0.4, 0.5) is 0 Å². The van der Waals surface area contributed by atoms with E-state index in [-0.39, 0.29) is 16.9 Å². The lowest BCUT2D eigenvalue weighted by Crippen LogP contribution is -2.31. The van der Waals surface area contributed by atoms with Gasteiger partial charge in [-0.05, 0) is 24.3 Å². The third kappa shape index (κ3) is 4.31. The second kappa shape index (κ2) is 8.66. The maximum absolute atomic E-state index is 12.7. The molecule has 0 saturated carbocycles. The van der Waals surface area contributed by atoms with E-state index >= 15 is 0 Å². The Kier molecular flexibility index (Phi) is 6.25. The average Bonchev–Trinajstić information content (AvgIpc) is 3.17. The minimum absolute atomic E-state index is 0.136. The minimum Gasteiger partial charge on any atom is -0.471 e. The number of ether oxygens (including phenoxy) is 1. The standard InChI is InChI=1S/C19H24N4O4S/c1-3-23(4-2)28(25,26)17-7-5-15(6-8-17)19(24)22-12-9-16(14-22)27-18-13-20-10-11-21-18/h5-8,10-11,13,16H,3-4,9,12,14H2,1-2H3. The van der Waals surface area contributed by atoms with Gasteiger partial charge in [-0.2, -0.15) is 4.31 Å². The van der Waals surface area contributed by atoms with Crippen molar-refractivity contribution in [3.63, 3.8) is 0 Å². The molecular weight excluding hydrogens is 380 g/mol. The largest absolute Gasteiger partial charge is 0.471 e. The monoisotopic (exact) mass is 404 g/mol.